The summed E-state index contributed by atoms with van der Waals surface area (Å²) >= 11 is 0. The second-order valence-corrected chi connectivity index (χ2v) is 4.80. The molecule has 0 aliphatic rings. The predicted molar refractivity (Wildman–Crippen MR) is 75.7 cm³/mol. The first kappa shape index (κ1) is 15.5. The Bertz CT molecular complexity index is 457. The lowest BCUT2D eigenvalue weighted by Gasteiger charge is -2.25. The van der Waals surface area contributed by atoms with E-state index in [1.54, 1.807) is 14.2 Å². The van der Waals surface area contributed by atoms with Crippen LogP contribution in [0.1, 0.15) is 36.1 Å². The molecule has 4 nitrogen and oxygen atoms in total. The lowest BCUT2D eigenvalue weighted by atomic mass is 9.87. The van der Waals surface area contributed by atoms with Gasteiger partial charge in [0.25, 0.3) is 0 Å². The summed E-state index contributed by atoms with van der Waals surface area (Å²) in [6.45, 7) is 5.85. The number of hydrogen-bond donors (Lipinski definition) is 2. The molecule has 0 aliphatic heterocycles. The van der Waals surface area contributed by atoms with E-state index in [0.29, 0.717) is 6.42 Å². The second-order valence-electron chi connectivity index (χ2n) is 4.80. The molecule has 0 heterocycles. The summed E-state index contributed by atoms with van der Waals surface area (Å²) in [5.41, 5.74) is 3.08. The molecule has 0 aromatic heterocycles. The Morgan fingerprint density at radius 3 is 2.42 bits per heavy atom. The monoisotopic (exact) mass is 265 g/mol. The minimum atomic E-state index is -0.769. The van der Waals surface area contributed by atoms with Crippen LogP contribution in [0.4, 0.5) is 0 Å². The number of aliphatic carboxylic acids is 1. The molecule has 2 unspecified atom stereocenters. The van der Waals surface area contributed by atoms with Gasteiger partial charge in [0.05, 0.1) is 13.0 Å². The van der Waals surface area contributed by atoms with Gasteiger partial charge in [-0.25, -0.2) is 0 Å². The van der Waals surface area contributed by atoms with Gasteiger partial charge in [0, 0.05) is 6.04 Å². The van der Waals surface area contributed by atoms with E-state index in [2.05, 4.69) is 5.32 Å². The molecule has 0 spiro atoms. The average Bonchev–Trinajstić information content (AvgIpc) is 2.37. The van der Waals surface area contributed by atoms with Crippen molar-refractivity contribution in [1.82, 2.24) is 5.32 Å². The number of carboxylic acid groups (broad SMARTS) is 1. The van der Waals surface area contributed by atoms with Gasteiger partial charge in [-0.15, -0.1) is 0 Å². The SMILES string of the molecule is CCC(C(=O)O)C(NC)c1cc(C)c(OC)cc1C. The van der Waals surface area contributed by atoms with Gasteiger partial charge < -0.3 is 15.2 Å². The zero-order valence-corrected chi connectivity index (χ0v) is 12.3. The van der Waals surface area contributed by atoms with E-state index in [4.69, 9.17) is 4.74 Å². The Morgan fingerprint density at radius 2 is 2.00 bits per heavy atom. The molecule has 2 N–H and O–H groups in total. The van der Waals surface area contributed by atoms with Gasteiger partial charge in [0.2, 0.25) is 0 Å². The van der Waals surface area contributed by atoms with Crippen LogP contribution in [0, 0.1) is 19.8 Å². The third-order valence-electron chi connectivity index (χ3n) is 3.59. The number of ether oxygens (including phenoxy) is 1. The highest BCUT2D eigenvalue weighted by molar-refractivity contribution is 5.71. The number of carbonyl (C=O) groups is 1. The maximum Gasteiger partial charge on any atom is 0.308 e. The molecule has 1 aromatic carbocycles. The van der Waals surface area contributed by atoms with Crippen molar-refractivity contribution in [2.45, 2.75) is 33.2 Å². The topological polar surface area (TPSA) is 58.6 Å². The van der Waals surface area contributed by atoms with Crippen LogP contribution >= 0.6 is 0 Å². The van der Waals surface area contributed by atoms with Crippen LogP contribution in [0.25, 0.3) is 0 Å². The molecule has 0 aliphatic carbocycles. The van der Waals surface area contributed by atoms with Crippen LogP contribution in [0.2, 0.25) is 0 Å². The number of carboxylic acids is 1. The number of aryl methyl sites for hydroxylation is 2. The van der Waals surface area contributed by atoms with E-state index in [1.165, 1.54) is 0 Å². The highest BCUT2D eigenvalue weighted by Gasteiger charge is 2.28. The Hall–Kier alpha value is -1.55. The van der Waals surface area contributed by atoms with Gasteiger partial charge in [-0.3, -0.25) is 4.79 Å². The van der Waals surface area contributed by atoms with Crippen molar-refractivity contribution >= 4 is 5.97 Å². The van der Waals surface area contributed by atoms with Gasteiger partial charge in [0.1, 0.15) is 5.75 Å². The van der Waals surface area contributed by atoms with Crippen molar-refractivity contribution in [2.75, 3.05) is 14.2 Å². The Kier molecular flexibility index (Phi) is 5.36. The summed E-state index contributed by atoms with van der Waals surface area (Å²) in [4.78, 5) is 11.4. The largest absolute Gasteiger partial charge is 0.496 e. The number of methoxy groups -OCH3 is 1. The van der Waals surface area contributed by atoms with E-state index in [0.717, 1.165) is 22.4 Å². The molecule has 1 aromatic rings. The summed E-state index contributed by atoms with van der Waals surface area (Å²) in [5, 5.41) is 12.5. The van der Waals surface area contributed by atoms with Gasteiger partial charge >= 0.3 is 5.97 Å². The van der Waals surface area contributed by atoms with Crippen molar-refractivity contribution < 1.29 is 14.6 Å². The molecule has 4 heteroatoms. The molecule has 0 saturated carbocycles. The van der Waals surface area contributed by atoms with Gasteiger partial charge in [-0.2, -0.15) is 0 Å². The summed E-state index contributed by atoms with van der Waals surface area (Å²) in [6.07, 6.45) is 0.589. The molecule has 0 radical (unpaired) electrons. The smallest absolute Gasteiger partial charge is 0.308 e. The predicted octanol–water partition coefficient (Wildman–Crippen LogP) is 2.68. The van der Waals surface area contributed by atoms with Crippen molar-refractivity contribution in [1.29, 1.82) is 0 Å². The molecule has 2 atom stereocenters. The van der Waals surface area contributed by atoms with Gasteiger partial charge in [-0.05, 0) is 50.1 Å². The average molecular weight is 265 g/mol. The molecular weight excluding hydrogens is 242 g/mol. The standard InChI is InChI=1S/C15H23NO3/c1-6-11(15(17)18)14(16-4)12-7-10(3)13(19-5)8-9(12)2/h7-8,11,14,16H,6H2,1-5H3,(H,17,18). The Morgan fingerprint density at radius 1 is 1.37 bits per heavy atom. The third-order valence-corrected chi connectivity index (χ3v) is 3.59. The maximum atomic E-state index is 11.4. The number of nitrogens with one attached hydrogen (secondary N) is 1. The fourth-order valence-electron chi connectivity index (χ4n) is 2.49. The first-order chi connectivity index (χ1) is 8.96. The van der Waals surface area contributed by atoms with E-state index < -0.39 is 11.9 Å². The second kappa shape index (κ2) is 6.57. The van der Waals surface area contributed by atoms with Gasteiger partial charge in [-0.1, -0.05) is 13.0 Å². The van der Waals surface area contributed by atoms with Crippen LogP contribution in [-0.4, -0.2) is 25.2 Å². The molecule has 1 rings (SSSR count). The third kappa shape index (κ3) is 3.26. The zero-order chi connectivity index (χ0) is 14.6. The summed E-state index contributed by atoms with van der Waals surface area (Å²) in [5.74, 6) is -0.370. The van der Waals surface area contributed by atoms with Crippen LogP contribution < -0.4 is 10.1 Å². The minimum Gasteiger partial charge on any atom is -0.496 e. The lowest BCUT2D eigenvalue weighted by Crippen LogP contribution is -2.31. The van der Waals surface area contributed by atoms with Crippen molar-refractivity contribution in [2.24, 2.45) is 5.92 Å². The van der Waals surface area contributed by atoms with E-state index >= 15 is 0 Å². The zero-order valence-electron chi connectivity index (χ0n) is 12.3. The van der Waals surface area contributed by atoms with Crippen molar-refractivity contribution in [3.05, 3.63) is 28.8 Å². The van der Waals surface area contributed by atoms with E-state index in [1.807, 2.05) is 32.9 Å². The summed E-state index contributed by atoms with van der Waals surface area (Å²) in [6, 6.07) is 3.79. The normalized spacial score (nSPS) is 13.9. The molecule has 0 fully saturated rings. The highest BCUT2D eigenvalue weighted by atomic mass is 16.5. The molecule has 106 valence electrons. The maximum absolute atomic E-state index is 11.4. The fraction of sp³-hybridized carbons (Fsp3) is 0.533. The number of hydrogen-bond acceptors (Lipinski definition) is 3. The number of rotatable bonds is 6. The number of benzene rings is 1. The van der Waals surface area contributed by atoms with E-state index in [-0.39, 0.29) is 6.04 Å². The molecule has 0 bridgehead atoms. The molecule has 0 saturated heterocycles. The first-order valence-electron chi connectivity index (χ1n) is 6.51. The van der Waals surface area contributed by atoms with Gasteiger partial charge in [0.15, 0.2) is 0 Å². The minimum absolute atomic E-state index is 0.188. The van der Waals surface area contributed by atoms with Crippen LogP contribution in [-0.2, 0) is 4.79 Å². The Labute approximate surface area is 114 Å². The summed E-state index contributed by atoms with van der Waals surface area (Å²) < 4.78 is 5.29. The highest BCUT2D eigenvalue weighted by Crippen LogP contribution is 2.31. The van der Waals surface area contributed by atoms with E-state index in [9.17, 15) is 9.90 Å². The molecular formula is C15H23NO3. The Balaban J connectivity index is 3.25. The van der Waals surface area contributed by atoms with Crippen LogP contribution in [0.15, 0.2) is 12.1 Å². The molecule has 19 heavy (non-hydrogen) atoms. The van der Waals surface area contributed by atoms with Crippen molar-refractivity contribution in [3.63, 3.8) is 0 Å². The summed E-state index contributed by atoms with van der Waals surface area (Å²) in [7, 11) is 3.44. The lowest BCUT2D eigenvalue weighted by molar-refractivity contribution is -0.143. The quantitative estimate of drug-likeness (QED) is 0.830. The van der Waals surface area contributed by atoms with Crippen LogP contribution in [0.5, 0.6) is 5.75 Å². The van der Waals surface area contributed by atoms with Crippen molar-refractivity contribution in [3.8, 4) is 5.75 Å². The fourth-order valence-corrected chi connectivity index (χ4v) is 2.49. The first-order valence-corrected chi connectivity index (χ1v) is 6.51. The molecule has 0 amide bonds. The van der Waals surface area contributed by atoms with Crippen LogP contribution in [0.3, 0.4) is 0 Å².